The highest BCUT2D eigenvalue weighted by Gasteiger charge is 2.36. The molecule has 0 unspecified atom stereocenters. The molecule has 10 aromatic rings. The van der Waals surface area contributed by atoms with Gasteiger partial charge in [-0.2, -0.15) is 0 Å². The SMILES string of the molecule is CC1(C)c2ccccc2-c2cc(N(c3ccc(-c4ccc5sc6c(c5c4)CCC=C6)cc3)c3ccc4c5ccccc5n5c6ccccc6c3c45)ccc21. The van der Waals surface area contributed by atoms with Crippen LogP contribution in [0, 0.1) is 0 Å². The Morgan fingerprint density at radius 2 is 1.31 bits per heavy atom. The largest absolute Gasteiger partial charge is 0.310 e. The molecule has 3 heteroatoms. The molecule has 0 N–H and O–H groups in total. The Kier molecular flexibility index (Phi) is 6.14. The molecule has 0 saturated carbocycles. The fourth-order valence-electron chi connectivity index (χ4n) is 9.86. The third-order valence-electron chi connectivity index (χ3n) is 12.4. The average Bonchev–Trinajstić information content (AvgIpc) is 3.93. The maximum absolute atomic E-state index is 2.50. The van der Waals surface area contributed by atoms with Crippen LogP contribution in [0.2, 0.25) is 0 Å². The molecule has 54 heavy (non-hydrogen) atoms. The molecule has 0 bridgehead atoms. The van der Waals surface area contributed by atoms with Crippen LogP contribution in [0.4, 0.5) is 17.1 Å². The summed E-state index contributed by atoms with van der Waals surface area (Å²) in [6.07, 6.45) is 6.87. The van der Waals surface area contributed by atoms with Gasteiger partial charge in [-0.1, -0.05) is 111 Å². The molecule has 12 rings (SSSR count). The average molecular weight is 709 g/mol. The summed E-state index contributed by atoms with van der Waals surface area (Å²) in [6, 6.07) is 54.9. The summed E-state index contributed by atoms with van der Waals surface area (Å²) in [4.78, 5) is 3.92. The summed E-state index contributed by atoms with van der Waals surface area (Å²) in [5.41, 5.74) is 16.7. The topological polar surface area (TPSA) is 7.65 Å². The maximum atomic E-state index is 2.50. The smallest absolute Gasteiger partial charge is 0.0641 e. The fourth-order valence-corrected chi connectivity index (χ4v) is 11.0. The van der Waals surface area contributed by atoms with Crippen LogP contribution < -0.4 is 4.90 Å². The Bertz CT molecular complexity index is 3190. The van der Waals surface area contributed by atoms with Gasteiger partial charge < -0.3 is 9.30 Å². The van der Waals surface area contributed by atoms with E-state index in [0.717, 1.165) is 24.2 Å². The molecule has 0 radical (unpaired) electrons. The predicted molar refractivity (Wildman–Crippen MR) is 232 cm³/mol. The number of allylic oxidation sites excluding steroid dienone is 1. The first-order chi connectivity index (χ1) is 26.5. The van der Waals surface area contributed by atoms with Gasteiger partial charge in [0.25, 0.3) is 0 Å². The van der Waals surface area contributed by atoms with Crippen molar-refractivity contribution >= 4 is 82.7 Å². The number of para-hydroxylation sites is 2. The Hall–Kier alpha value is -6.16. The van der Waals surface area contributed by atoms with E-state index in [-0.39, 0.29) is 5.41 Å². The lowest BCUT2D eigenvalue weighted by atomic mass is 9.82. The number of anilines is 3. The molecule has 2 aliphatic carbocycles. The van der Waals surface area contributed by atoms with Crippen LogP contribution in [0.3, 0.4) is 0 Å². The summed E-state index contributed by atoms with van der Waals surface area (Å²) in [5.74, 6) is 0. The number of hydrogen-bond donors (Lipinski definition) is 0. The number of rotatable bonds is 4. The summed E-state index contributed by atoms with van der Waals surface area (Å²) < 4.78 is 3.86. The van der Waals surface area contributed by atoms with E-state index in [2.05, 4.69) is 181 Å². The Balaban J connectivity index is 1.09. The molecule has 7 aromatic carbocycles. The molecular weight excluding hydrogens is 673 g/mol. The Morgan fingerprint density at radius 1 is 0.593 bits per heavy atom. The van der Waals surface area contributed by atoms with Crippen molar-refractivity contribution in [2.45, 2.75) is 32.1 Å². The van der Waals surface area contributed by atoms with Gasteiger partial charge in [0.05, 0.1) is 22.2 Å². The number of aryl methyl sites for hydroxylation is 1. The lowest BCUT2D eigenvalue weighted by Crippen LogP contribution is -2.15. The molecular formula is C51H36N2S. The van der Waals surface area contributed by atoms with Gasteiger partial charge in [0, 0.05) is 47.9 Å². The van der Waals surface area contributed by atoms with Crippen molar-refractivity contribution in [2.24, 2.45) is 0 Å². The van der Waals surface area contributed by atoms with Crippen molar-refractivity contribution in [3.63, 3.8) is 0 Å². The fraction of sp³-hybridized carbons (Fsp3) is 0.0980. The third kappa shape index (κ3) is 4.05. The van der Waals surface area contributed by atoms with Gasteiger partial charge in [0.1, 0.15) is 0 Å². The Morgan fingerprint density at radius 3 is 2.19 bits per heavy atom. The van der Waals surface area contributed by atoms with Crippen molar-refractivity contribution in [1.29, 1.82) is 0 Å². The predicted octanol–water partition coefficient (Wildman–Crippen LogP) is 14.5. The molecule has 3 heterocycles. The number of aromatic nitrogens is 1. The monoisotopic (exact) mass is 708 g/mol. The minimum absolute atomic E-state index is 0.0527. The van der Waals surface area contributed by atoms with Crippen molar-refractivity contribution in [2.75, 3.05) is 4.90 Å². The van der Waals surface area contributed by atoms with E-state index in [4.69, 9.17) is 0 Å². The quantitative estimate of drug-likeness (QED) is 0.177. The van der Waals surface area contributed by atoms with Crippen LogP contribution in [0.5, 0.6) is 0 Å². The van der Waals surface area contributed by atoms with Crippen LogP contribution in [-0.2, 0) is 11.8 Å². The van der Waals surface area contributed by atoms with Crippen molar-refractivity contribution in [3.05, 3.63) is 173 Å². The minimum atomic E-state index is -0.0527. The van der Waals surface area contributed by atoms with E-state index in [9.17, 15) is 0 Å². The van der Waals surface area contributed by atoms with Crippen molar-refractivity contribution in [3.8, 4) is 22.3 Å². The summed E-state index contributed by atoms with van der Waals surface area (Å²) >= 11 is 1.92. The first-order valence-corrected chi connectivity index (χ1v) is 19.9. The zero-order valence-corrected chi connectivity index (χ0v) is 31.0. The number of hydrogen-bond acceptors (Lipinski definition) is 2. The van der Waals surface area contributed by atoms with Crippen LogP contribution in [0.25, 0.3) is 76.5 Å². The van der Waals surface area contributed by atoms with Gasteiger partial charge in [0.2, 0.25) is 0 Å². The second-order valence-electron chi connectivity index (χ2n) is 15.6. The van der Waals surface area contributed by atoms with Gasteiger partial charge in [-0.3, -0.25) is 0 Å². The minimum Gasteiger partial charge on any atom is -0.310 e. The van der Waals surface area contributed by atoms with E-state index in [1.54, 1.807) is 0 Å². The van der Waals surface area contributed by atoms with E-state index in [1.165, 1.54) is 97.7 Å². The normalized spacial score (nSPS) is 14.4. The number of nitrogens with zero attached hydrogens (tertiary/aromatic N) is 2. The molecule has 0 spiro atoms. The van der Waals surface area contributed by atoms with E-state index >= 15 is 0 Å². The second-order valence-corrected chi connectivity index (χ2v) is 16.7. The van der Waals surface area contributed by atoms with Gasteiger partial charge in [-0.25, -0.2) is 0 Å². The highest BCUT2D eigenvalue weighted by molar-refractivity contribution is 7.20. The third-order valence-corrected chi connectivity index (χ3v) is 13.6. The Labute approximate surface area is 318 Å². The van der Waals surface area contributed by atoms with Crippen LogP contribution >= 0.6 is 11.3 Å². The van der Waals surface area contributed by atoms with Gasteiger partial charge >= 0.3 is 0 Å². The van der Waals surface area contributed by atoms with E-state index < -0.39 is 0 Å². The highest BCUT2D eigenvalue weighted by Crippen LogP contribution is 2.52. The lowest BCUT2D eigenvalue weighted by molar-refractivity contribution is 0.660. The molecule has 2 nitrogen and oxygen atoms in total. The second kappa shape index (κ2) is 10.9. The number of fused-ring (bicyclic) bond motifs is 12. The molecule has 256 valence electrons. The summed E-state index contributed by atoms with van der Waals surface area (Å²) in [6.45, 7) is 4.72. The van der Waals surface area contributed by atoms with Crippen LogP contribution in [0.1, 0.15) is 41.8 Å². The first-order valence-electron chi connectivity index (χ1n) is 19.1. The summed E-state index contributed by atoms with van der Waals surface area (Å²) in [5, 5.41) is 6.56. The molecule has 0 amide bonds. The van der Waals surface area contributed by atoms with Crippen LogP contribution in [0.15, 0.2) is 152 Å². The molecule has 0 aliphatic heterocycles. The zero-order chi connectivity index (χ0) is 35.7. The molecule has 0 fully saturated rings. The number of benzene rings is 7. The van der Waals surface area contributed by atoms with Crippen molar-refractivity contribution < 1.29 is 0 Å². The van der Waals surface area contributed by atoms with Gasteiger partial charge in [-0.05, 0) is 118 Å². The lowest BCUT2D eigenvalue weighted by Gasteiger charge is -2.28. The number of thiophene rings is 1. The van der Waals surface area contributed by atoms with Gasteiger partial charge in [0.15, 0.2) is 0 Å². The molecule has 3 aromatic heterocycles. The zero-order valence-electron chi connectivity index (χ0n) is 30.2. The van der Waals surface area contributed by atoms with Gasteiger partial charge in [-0.15, -0.1) is 11.3 Å². The van der Waals surface area contributed by atoms with E-state index in [0.29, 0.717) is 0 Å². The van der Waals surface area contributed by atoms with E-state index in [1.807, 2.05) is 11.3 Å². The first kappa shape index (κ1) is 30.3. The molecule has 0 saturated heterocycles. The van der Waals surface area contributed by atoms with Crippen molar-refractivity contribution in [1.82, 2.24) is 4.40 Å². The molecule has 0 atom stereocenters. The summed E-state index contributed by atoms with van der Waals surface area (Å²) in [7, 11) is 0. The van der Waals surface area contributed by atoms with Crippen LogP contribution in [-0.4, -0.2) is 4.40 Å². The highest BCUT2D eigenvalue weighted by atomic mass is 32.1. The maximum Gasteiger partial charge on any atom is 0.0641 e. The molecule has 2 aliphatic rings. The standard InChI is InChI=1S/C51H36N2S/c1-51(2)42-15-7-3-11-35(42)40-30-34(24-26-43(40)51)52(33-22-19-31(20-23-33)32-21-28-48-41(29-32)37-13-6-10-18-47(37)54-48)46-27-25-38-36-12-4-8-16-44(36)53-45-17-9-5-14-39(45)49(46)50(38)53/h3-5,7-12,14-30H,6,13H2,1-2H3.